The molecule has 5 nitrogen and oxygen atoms in total. The van der Waals surface area contributed by atoms with Crippen LogP contribution in [0.5, 0.6) is 11.5 Å². The zero-order chi connectivity index (χ0) is 33.0. The van der Waals surface area contributed by atoms with Crippen LogP contribution in [-0.4, -0.2) is 29.0 Å². The van der Waals surface area contributed by atoms with Crippen molar-refractivity contribution in [1.82, 2.24) is 4.67 Å². The van der Waals surface area contributed by atoms with Gasteiger partial charge < -0.3 is 13.8 Å². The third kappa shape index (κ3) is 11.8. The first-order chi connectivity index (χ1) is 20.7. The van der Waals surface area contributed by atoms with Crippen molar-refractivity contribution >= 4 is 8.53 Å². The van der Waals surface area contributed by atoms with Gasteiger partial charge in [0.1, 0.15) is 17.1 Å². The van der Waals surface area contributed by atoms with Crippen LogP contribution in [0.15, 0.2) is 0 Å². The van der Waals surface area contributed by atoms with E-state index in [2.05, 4.69) is 93.8 Å². The monoisotopic (exact) mass is 630 g/mol. The smallest absolute Gasteiger partial charge is 0.321 e. The molecule has 0 bridgehead atoms. The van der Waals surface area contributed by atoms with Gasteiger partial charge in [0.25, 0.3) is 0 Å². The Bertz CT molecular complexity index is 1040. The summed E-state index contributed by atoms with van der Waals surface area (Å²) in [5.74, 6) is 4.47. The largest absolute Gasteiger partial charge is 0.487 e. The fraction of sp³-hybridized carbons (Fsp3) is 0.816. The lowest BCUT2D eigenvalue weighted by atomic mass is 9.84. The third-order valence-electron chi connectivity index (χ3n) is 9.67. The summed E-state index contributed by atoms with van der Waals surface area (Å²) in [6.07, 6.45) is 14.2. The summed E-state index contributed by atoms with van der Waals surface area (Å²) in [6.45, 7) is 27.5. The molecule has 0 spiro atoms. The first kappa shape index (κ1) is 38.8. The Kier molecular flexibility index (Phi) is 16.5. The van der Waals surface area contributed by atoms with Gasteiger partial charge in [-0.25, -0.2) is 4.67 Å². The Hall–Kier alpha value is -1.34. The minimum absolute atomic E-state index is 0.122. The number of nitrogens with zero attached hydrogens (tertiary/aromatic N) is 2. The molecule has 0 N–H and O–H groups in total. The second kappa shape index (κ2) is 18.7. The summed E-state index contributed by atoms with van der Waals surface area (Å²) in [5, 5.41) is 9.10. The maximum absolute atomic E-state index is 9.10. The molecule has 0 saturated heterocycles. The molecular weight excluding hydrogens is 563 g/mol. The maximum atomic E-state index is 9.10. The highest BCUT2D eigenvalue weighted by molar-refractivity contribution is 7.45. The Morgan fingerprint density at radius 2 is 1.41 bits per heavy atom. The van der Waals surface area contributed by atoms with Crippen molar-refractivity contribution in [1.29, 1.82) is 5.26 Å². The van der Waals surface area contributed by atoms with Crippen LogP contribution in [0, 0.1) is 49.9 Å². The molecule has 1 aliphatic rings. The zero-order valence-corrected chi connectivity index (χ0v) is 31.5. The van der Waals surface area contributed by atoms with Gasteiger partial charge in [0.15, 0.2) is 0 Å². The quantitative estimate of drug-likeness (QED) is 0.106. The van der Waals surface area contributed by atoms with Gasteiger partial charge in [-0.1, -0.05) is 72.6 Å². The van der Waals surface area contributed by atoms with Gasteiger partial charge in [-0.15, -0.1) is 0 Å². The van der Waals surface area contributed by atoms with Gasteiger partial charge in [-0.2, -0.15) is 5.26 Å². The van der Waals surface area contributed by atoms with Crippen molar-refractivity contribution < 1.29 is 13.8 Å². The molecule has 0 saturated carbocycles. The molecule has 252 valence electrons. The molecule has 0 aliphatic carbocycles. The Balaban J connectivity index is 2.03. The minimum Gasteiger partial charge on any atom is -0.487 e. The number of fused-ring (bicyclic) bond motifs is 1. The molecule has 4 atom stereocenters. The van der Waals surface area contributed by atoms with E-state index in [1.165, 1.54) is 68.1 Å². The second-order valence-electron chi connectivity index (χ2n) is 15.1. The summed E-state index contributed by atoms with van der Waals surface area (Å²) in [5.41, 5.74) is 4.63. The van der Waals surface area contributed by atoms with Crippen LogP contribution in [0.3, 0.4) is 0 Å². The first-order valence-corrected chi connectivity index (χ1v) is 18.9. The van der Waals surface area contributed by atoms with Gasteiger partial charge in [0.05, 0.1) is 19.1 Å². The fourth-order valence-corrected chi connectivity index (χ4v) is 8.47. The lowest BCUT2D eigenvalue weighted by molar-refractivity contribution is 0.0512. The second-order valence-corrected chi connectivity index (χ2v) is 16.4. The van der Waals surface area contributed by atoms with Gasteiger partial charge in [-0.3, -0.25) is 0 Å². The highest BCUT2D eigenvalue weighted by Gasteiger charge is 2.36. The van der Waals surface area contributed by atoms with E-state index >= 15 is 0 Å². The Morgan fingerprint density at radius 3 is 1.95 bits per heavy atom. The maximum Gasteiger partial charge on any atom is 0.321 e. The SMILES string of the molecule is Cc1c(C)c2c(c(C)c1OP(OCCC#N)N(C(C)C)C(C)C)CCC(C)(CCCC(C)CCCC(C)CCCC(C)C)O2. The summed E-state index contributed by atoms with van der Waals surface area (Å²) >= 11 is 0. The van der Waals surface area contributed by atoms with Crippen LogP contribution in [-0.2, 0) is 10.9 Å². The number of nitriles is 1. The number of rotatable bonds is 20. The first-order valence-electron chi connectivity index (χ1n) is 17.8. The van der Waals surface area contributed by atoms with Crippen LogP contribution in [0.4, 0.5) is 0 Å². The molecule has 0 amide bonds. The van der Waals surface area contributed by atoms with Gasteiger partial charge in [0.2, 0.25) is 0 Å². The summed E-state index contributed by atoms with van der Waals surface area (Å²) < 4.78 is 22.2. The molecule has 1 heterocycles. The van der Waals surface area contributed by atoms with E-state index < -0.39 is 8.53 Å². The number of hydrogen-bond donors (Lipinski definition) is 0. The van der Waals surface area contributed by atoms with Crippen LogP contribution < -0.4 is 9.26 Å². The van der Waals surface area contributed by atoms with Gasteiger partial charge in [-0.05, 0) is 116 Å². The van der Waals surface area contributed by atoms with Crippen molar-refractivity contribution in [3.05, 3.63) is 22.3 Å². The molecule has 1 aliphatic heterocycles. The van der Waals surface area contributed by atoms with E-state index in [0.29, 0.717) is 13.0 Å². The van der Waals surface area contributed by atoms with E-state index in [4.69, 9.17) is 19.0 Å². The lowest BCUT2D eigenvalue weighted by Gasteiger charge is -2.39. The average Bonchev–Trinajstić information content (AvgIpc) is 2.93. The van der Waals surface area contributed by atoms with E-state index in [1.54, 1.807) is 0 Å². The molecule has 6 heteroatoms. The average molecular weight is 631 g/mol. The molecule has 1 aromatic rings. The van der Waals surface area contributed by atoms with Crippen molar-refractivity contribution in [2.45, 2.75) is 178 Å². The minimum atomic E-state index is -1.36. The van der Waals surface area contributed by atoms with E-state index in [9.17, 15) is 0 Å². The fourth-order valence-electron chi connectivity index (χ4n) is 6.76. The van der Waals surface area contributed by atoms with Crippen LogP contribution in [0.1, 0.15) is 155 Å². The van der Waals surface area contributed by atoms with Crippen LogP contribution >= 0.6 is 8.53 Å². The molecule has 1 aromatic carbocycles. The van der Waals surface area contributed by atoms with Crippen LogP contribution in [0.2, 0.25) is 0 Å². The van der Waals surface area contributed by atoms with E-state index in [-0.39, 0.29) is 17.7 Å². The van der Waals surface area contributed by atoms with E-state index in [1.807, 2.05) is 0 Å². The normalized spacial score (nSPS) is 18.8. The molecule has 44 heavy (non-hydrogen) atoms. The molecule has 0 fully saturated rings. The summed E-state index contributed by atoms with van der Waals surface area (Å²) in [7, 11) is -1.36. The molecule has 0 radical (unpaired) electrons. The van der Waals surface area contributed by atoms with Crippen molar-refractivity contribution in [3.8, 4) is 17.6 Å². The standard InChI is InChI=1S/C38H67N2O3P/c1-27(2)17-13-18-30(7)19-14-20-31(8)21-15-23-38(12)24-22-35-34(11)36(32(9)33(10)37(35)42-38)43-44(41-26-16-25-39)40(28(3)4)29(5)6/h27-31H,13-24,26H2,1-12H3. The summed E-state index contributed by atoms with van der Waals surface area (Å²) in [6, 6.07) is 2.72. The zero-order valence-electron chi connectivity index (χ0n) is 30.6. The third-order valence-corrected chi connectivity index (χ3v) is 11.7. The lowest BCUT2D eigenvalue weighted by Crippen LogP contribution is -2.37. The molecule has 4 unspecified atom stereocenters. The topological polar surface area (TPSA) is 54.7 Å². The molecular formula is C38H67N2O3P. The number of ether oxygens (including phenoxy) is 1. The Morgan fingerprint density at radius 1 is 0.841 bits per heavy atom. The van der Waals surface area contributed by atoms with Gasteiger partial charge in [0, 0.05) is 17.6 Å². The Labute approximate surface area is 273 Å². The predicted molar refractivity (Wildman–Crippen MR) is 189 cm³/mol. The number of benzene rings is 1. The van der Waals surface area contributed by atoms with Crippen LogP contribution in [0.25, 0.3) is 0 Å². The molecule has 0 aromatic heterocycles. The van der Waals surface area contributed by atoms with Gasteiger partial charge >= 0.3 is 8.53 Å². The van der Waals surface area contributed by atoms with Crippen molar-refractivity contribution in [2.24, 2.45) is 17.8 Å². The highest BCUT2D eigenvalue weighted by Crippen LogP contribution is 2.51. The van der Waals surface area contributed by atoms with E-state index in [0.717, 1.165) is 54.1 Å². The number of hydrogen-bond acceptors (Lipinski definition) is 5. The summed E-state index contributed by atoms with van der Waals surface area (Å²) in [4.78, 5) is 0. The van der Waals surface area contributed by atoms with Crippen molar-refractivity contribution in [2.75, 3.05) is 6.61 Å². The predicted octanol–water partition coefficient (Wildman–Crippen LogP) is 11.8. The highest BCUT2D eigenvalue weighted by atomic mass is 31.2. The van der Waals surface area contributed by atoms with Crippen molar-refractivity contribution in [3.63, 3.8) is 0 Å². The molecule has 2 rings (SSSR count).